The number of anilines is 1. The second kappa shape index (κ2) is 11.9. The molecule has 32 heavy (non-hydrogen) atoms. The molecule has 1 N–H and O–H groups in total. The van der Waals surface area contributed by atoms with Crippen molar-refractivity contribution in [3.63, 3.8) is 0 Å². The fourth-order valence-electron chi connectivity index (χ4n) is 2.97. The van der Waals surface area contributed by atoms with Crippen molar-refractivity contribution in [1.29, 1.82) is 0 Å². The second-order valence-electron chi connectivity index (χ2n) is 7.08. The van der Waals surface area contributed by atoms with Crippen molar-refractivity contribution in [2.24, 2.45) is 0 Å². The number of ketones is 1. The van der Waals surface area contributed by atoms with Crippen LogP contribution in [0, 0.1) is 0 Å². The van der Waals surface area contributed by atoms with Crippen molar-refractivity contribution >= 4 is 29.1 Å². The van der Waals surface area contributed by atoms with E-state index in [0.29, 0.717) is 36.5 Å². The van der Waals surface area contributed by atoms with E-state index in [9.17, 15) is 9.59 Å². The lowest BCUT2D eigenvalue weighted by molar-refractivity contribution is -0.116. The molecule has 1 aromatic heterocycles. The monoisotopic (exact) mass is 450 g/mol. The van der Waals surface area contributed by atoms with Gasteiger partial charge in [0.25, 0.3) is 0 Å². The lowest BCUT2D eigenvalue weighted by Gasteiger charge is -2.12. The summed E-state index contributed by atoms with van der Waals surface area (Å²) < 4.78 is 11.0. The number of rotatable bonds is 11. The highest BCUT2D eigenvalue weighted by Gasteiger charge is 2.09. The summed E-state index contributed by atoms with van der Waals surface area (Å²) in [5.74, 6) is 1.73. The summed E-state index contributed by atoms with van der Waals surface area (Å²) in [7, 11) is 1.53. The number of carbonyl (C=O) groups is 2. The zero-order valence-electron chi connectivity index (χ0n) is 18.2. The summed E-state index contributed by atoms with van der Waals surface area (Å²) >= 11 is 1.65. The summed E-state index contributed by atoms with van der Waals surface area (Å²) in [5, 5.41) is 3.91. The number of amides is 1. The van der Waals surface area contributed by atoms with Crippen LogP contribution in [0.15, 0.2) is 71.9 Å². The number of ether oxygens (including phenoxy) is 2. The molecule has 0 radical (unpaired) electrons. The molecule has 0 unspecified atom stereocenters. The average molecular weight is 451 g/mol. The van der Waals surface area contributed by atoms with Crippen molar-refractivity contribution in [2.45, 2.75) is 30.5 Å². The predicted molar refractivity (Wildman–Crippen MR) is 127 cm³/mol. The number of nitrogens with zero attached hydrogens (tertiary/aromatic N) is 1. The first kappa shape index (κ1) is 23.3. The molecule has 0 saturated heterocycles. The first-order valence-electron chi connectivity index (χ1n) is 10.3. The van der Waals surface area contributed by atoms with Gasteiger partial charge in [-0.05, 0) is 61.4 Å². The van der Waals surface area contributed by atoms with E-state index >= 15 is 0 Å². The highest BCUT2D eigenvalue weighted by Crippen LogP contribution is 2.28. The minimum atomic E-state index is -0.0676. The molecule has 3 aromatic rings. The van der Waals surface area contributed by atoms with Crippen LogP contribution in [0.25, 0.3) is 0 Å². The number of carbonyl (C=O) groups excluding carboxylic acids is 2. The highest BCUT2D eigenvalue weighted by atomic mass is 32.2. The first-order valence-corrected chi connectivity index (χ1v) is 11.3. The van der Waals surface area contributed by atoms with Gasteiger partial charge in [0.15, 0.2) is 17.3 Å². The summed E-state index contributed by atoms with van der Waals surface area (Å²) in [6.45, 7) is 1.87. The maximum atomic E-state index is 12.3. The van der Waals surface area contributed by atoms with E-state index in [2.05, 4.69) is 10.3 Å². The quantitative estimate of drug-likeness (QED) is 0.240. The Hall–Kier alpha value is -3.32. The number of Topliss-reactive ketones (excluding diaryl/α,β-unsaturated/α-hetero) is 1. The van der Waals surface area contributed by atoms with Crippen LogP contribution in [0.3, 0.4) is 0 Å². The van der Waals surface area contributed by atoms with Gasteiger partial charge < -0.3 is 14.8 Å². The molecular formula is C25H26N2O4S. The van der Waals surface area contributed by atoms with Crippen LogP contribution in [-0.2, 0) is 10.5 Å². The van der Waals surface area contributed by atoms with Crippen molar-refractivity contribution < 1.29 is 19.1 Å². The molecule has 6 nitrogen and oxygen atoms in total. The average Bonchev–Trinajstić information content (AvgIpc) is 2.81. The van der Waals surface area contributed by atoms with Gasteiger partial charge in [-0.15, -0.1) is 11.8 Å². The third-order valence-corrected chi connectivity index (χ3v) is 5.63. The van der Waals surface area contributed by atoms with Crippen LogP contribution in [-0.4, -0.2) is 30.4 Å². The molecule has 0 aliphatic heterocycles. The van der Waals surface area contributed by atoms with Gasteiger partial charge in [0.2, 0.25) is 5.91 Å². The molecule has 0 atom stereocenters. The van der Waals surface area contributed by atoms with Gasteiger partial charge >= 0.3 is 0 Å². The molecule has 0 aliphatic carbocycles. The van der Waals surface area contributed by atoms with Gasteiger partial charge in [0, 0.05) is 29.6 Å². The van der Waals surface area contributed by atoms with Gasteiger partial charge in [-0.1, -0.05) is 18.2 Å². The van der Waals surface area contributed by atoms with Gasteiger partial charge in [-0.2, -0.15) is 0 Å². The number of hydrogen-bond acceptors (Lipinski definition) is 6. The van der Waals surface area contributed by atoms with Crippen LogP contribution >= 0.6 is 11.8 Å². The molecule has 0 fully saturated rings. The largest absolute Gasteiger partial charge is 0.493 e. The SMILES string of the molecule is COc1cc(C(C)=O)ccc1OCCCC(=O)Nc1cccc(CSc2ccccn2)c1. The molecule has 7 heteroatoms. The van der Waals surface area contributed by atoms with Crippen LogP contribution < -0.4 is 14.8 Å². The van der Waals surface area contributed by atoms with Gasteiger partial charge in [0.05, 0.1) is 18.7 Å². The predicted octanol–water partition coefficient (Wildman–Crippen LogP) is 5.38. The van der Waals surface area contributed by atoms with E-state index in [1.807, 2.05) is 42.5 Å². The Bertz CT molecular complexity index is 1060. The minimum absolute atomic E-state index is 0.0362. The molecular weight excluding hydrogens is 424 g/mol. The molecule has 0 saturated carbocycles. The number of aromatic nitrogens is 1. The standard InChI is InChI=1S/C25H26N2O4S/c1-18(28)20-11-12-22(23(16-20)30-2)31-14-6-9-24(29)27-21-8-5-7-19(15-21)17-32-25-10-3-4-13-26-25/h3-5,7-8,10-13,15-16H,6,9,14,17H2,1-2H3,(H,27,29). The zero-order valence-corrected chi connectivity index (χ0v) is 19.0. The molecule has 1 amide bonds. The third-order valence-electron chi connectivity index (χ3n) is 4.61. The smallest absolute Gasteiger partial charge is 0.224 e. The Kier molecular flexibility index (Phi) is 8.69. The Morgan fingerprint density at radius 1 is 1.03 bits per heavy atom. The summed E-state index contributed by atoms with van der Waals surface area (Å²) in [5.41, 5.74) is 2.45. The molecule has 166 valence electrons. The Labute approximate surface area is 192 Å². The summed E-state index contributed by atoms with van der Waals surface area (Å²) in [6.07, 6.45) is 2.67. The maximum Gasteiger partial charge on any atom is 0.224 e. The van der Waals surface area contributed by atoms with Crippen molar-refractivity contribution in [2.75, 3.05) is 19.0 Å². The van der Waals surface area contributed by atoms with Crippen LogP contribution in [0.5, 0.6) is 11.5 Å². The van der Waals surface area contributed by atoms with Crippen LogP contribution in [0.4, 0.5) is 5.69 Å². The van der Waals surface area contributed by atoms with Crippen molar-refractivity contribution in [1.82, 2.24) is 4.98 Å². The fourth-order valence-corrected chi connectivity index (χ4v) is 3.78. The van der Waals surface area contributed by atoms with Crippen molar-refractivity contribution in [3.8, 4) is 11.5 Å². The Morgan fingerprint density at radius 2 is 1.91 bits per heavy atom. The Morgan fingerprint density at radius 3 is 2.66 bits per heavy atom. The van der Waals surface area contributed by atoms with E-state index < -0.39 is 0 Å². The fraction of sp³-hybridized carbons (Fsp3) is 0.240. The molecule has 1 heterocycles. The number of hydrogen-bond donors (Lipinski definition) is 1. The molecule has 0 aliphatic rings. The lowest BCUT2D eigenvalue weighted by Crippen LogP contribution is -2.13. The van der Waals surface area contributed by atoms with E-state index in [-0.39, 0.29) is 11.7 Å². The summed E-state index contributed by atoms with van der Waals surface area (Å²) in [6, 6.07) is 18.7. The van der Waals surface area contributed by atoms with Gasteiger partial charge in [-0.25, -0.2) is 4.98 Å². The van der Waals surface area contributed by atoms with E-state index in [4.69, 9.17) is 9.47 Å². The number of nitrogens with one attached hydrogen (secondary N) is 1. The van der Waals surface area contributed by atoms with Gasteiger partial charge in [-0.3, -0.25) is 9.59 Å². The lowest BCUT2D eigenvalue weighted by atomic mass is 10.1. The normalized spacial score (nSPS) is 10.4. The second-order valence-corrected chi connectivity index (χ2v) is 8.07. The minimum Gasteiger partial charge on any atom is -0.493 e. The van der Waals surface area contributed by atoms with Gasteiger partial charge in [0.1, 0.15) is 0 Å². The van der Waals surface area contributed by atoms with E-state index in [0.717, 1.165) is 22.0 Å². The number of methoxy groups -OCH3 is 1. The number of pyridine rings is 1. The maximum absolute atomic E-state index is 12.3. The van der Waals surface area contributed by atoms with Crippen LogP contribution in [0.1, 0.15) is 35.7 Å². The van der Waals surface area contributed by atoms with E-state index in [1.54, 1.807) is 36.2 Å². The number of thioether (sulfide) groups is 1. The van der Waals surface area contributed by atoms with Crippen molar-refractivity contribution in [3.05, 3.63) is 78.0 Å². The topological polar surface area (TPSA) is 77.5 Å². The highest BCUT2D eigenvalue weighted by molar-refractivity contribution is 7.98. The third kappa shape index (κ3) is 7.13. The summed E-state index contributed by atoms with van der Waals surface area (Å²) in [4.78, 5) is 28.1. The molecule has 3 rings (SSSR count). The molecule has 0 spiro atoms. The molecule has 0 bridgehead atoms. The van der Waals surface area contributed by atoms with E-state index in [1.165, 1.54) is 14.0 Å². The molecule has 2 aromatic carbocycles. The first-order chi connectivity index (χ1) is 15.5. The Balaban J connectivity index is 1.44. The van der Waals surface area contributed by atoms with Crippen LogP contribution in [0.2, 0.25) is 0 Å². The zero-order chi connectivity index (χ0) is 22.8. The number of benzene rings is 2.